The average molecular weight is 477 g/mol. The van der Waals surface area contributed by atoms with Crippen LogP contribution in [0.1, 0.15) is 71.1 Å². The van der Waals surface area contributed by atoms with Gasteiger partial charge in [0, 0.05) is 0 Å². The second kappa shape index (κ2) is 8.03. The highest BCUT2D eigenvalue weighted by Gasteiger charge is 2.65. The standard InChI is InChI=1S/C22H31F7OS/c1-2-3-16-4-6-17(7-5-16)18-8-10-19(11-9-18)22(23,24)30-20-12-14-21(15-13-20)31(25,26,27,28)29/h12-19H,2-11H2,1H3. The minimum atomic E-state index is -9.83. The molecular weight excluding hydrogens is 445 g/mol. The fourth-order valence-electron chi connectivity index (χ4n) is 5.29. The first-order valence-electron chi connectivity index (χ1n) is 11.1. The number of ether oxygens (including phenoxy) is 1. The molecule has 1 aromatic carbocycles. The van der Waals surface area contributed by atoms with E-state index in [4.69, 9.17) is 0 Å². The molecule has 0 spiro atoms. The van der Waals surface area contributed by atoms with Gasteiger partial charge in [0.1, 0.15) is 10.6 Å². The summed E-state index contributed by atoms with van der Waals surface area (Å²) < 4.78 is 97.7. The Kier molecular flexibility index (Phi) is 6.35. The van der Waals surface area contributed by atoms with Crippen LogP contribution in [-0.2, 0) is 0 Å². The summed E-state index contributed by atoms with van der Waals surface area (Å²) >= 11 is 0. The lowest BCUT2D eigenvalue weighted by atomic mass is 9.68. The molecule has 2 aliphatic rings. The highest BCUT2D eigenvalue weighted by Crippen LogP contribution is 3.02. The van der Waals surface area contributed by atoms with Crippen LogP contribution in [0.25, 0.3) is 0 Å². The van der Waals surface area contributed by atoms with Crippen molar-refractivity contribution in [1.82, 2.24) is 0 Å². The van der Waals surface area contributed by atoms with Crippen LogP contribution in [0, 0.1) is 23.7 Å². The quantitative estimate of drug-likeness (QED) is 0.356. The molecule has 0 unspecified atom stereocenters. The van der Waals surface area contributed by atoms with Crippen LogP contribution in [0.5, 0.6) is 5.75 Å². The molecule has 3 rings (SSSR count). The number of alkyl halides is 2. The van der Waals surface area contributed by atoms with E-state index in [0.717, 1.165) is 18.8 Å². The number of rotatable bonds is 7. The lowest BCUT2D eigenvalue weighted by Gasteiger charge is -2.40. The van der Waals surface area contributed by atoms with Gasteiger partial charge in [0.2, 0.25) is 0 Å². The van der Waals surface area contributed by atoms with Crippen molar-refractivity contribution < 1.29 is 32.9 Å². The van der Waals surface area contributed by atoms with E-state index in [1.807, 2.05) is 0 Å². The molecule has 0 atom stereocenters. The summed E-state index contributed by atoms with van der Waals surface area (Å²) in [7, 11) is -9.83. The van der Waals surface area contributed by atoms with Crippen LogP contribution >= 0.6 is 10.2 Å². The Hall–Kier alpha value is -1.12. The Bertz CT molecular complexity index is 732. The summed E-state index contributed by atoms with van der Waals surface area (Å²) in [5.41, 5.74) is 0. The lowest BCUT2D eigenvalue weighted by molar-refractivity contribution is -0.224. The van der Waals surface area contributed by atoms with Gasteiger partial charge in [0.05, 0.1) is 5.92 Å². The van der Waals surface area contributed by atoms with Gasteiger partial charge in [-0.3, -0.25) is 0 Å². The molecule has 31 heavy (non-hydrogen) atoms. The number of benzene rings is 1. The fourth-order valence-corrected chi connectivity index (χ4v) is 5.94. The molecule has 2 aliphatic carbocycles. The van der Waals surface area contributed by atoms with Crippen LogP contribution in [0.4, 0.5) is 28.2 Å². The van der Waals surface area contributed by atoms with Gasteiger partial charge in [-0.25, -0.2) is 0 Å². The topological polar surface area (TPSA) is 9.23 Å². The number of hydrogen-bond acceptors (Lipinski definition) is 1. The molecule has 2 fully saturated rings. The molecule has 1 aromatic rings. The third kappa shape index (κ3) is 6.45. The van der Waals surface area contributed by atoms with Gasteiger partial charge in [-0.05, 0) is 80.5 Å². The molecule has 0 N–H and O–H groups in total. The van der Waals surface area contributed by atoms with Gasteiger partial charge in [-0.15, -0.1) is 0 Å². The van der Waals surface area contributed by atoms with Crippen molar-refractivity contribution in [2.75, 3.05) is 0 Å². The molecule has 0 heterocycles. The van der Waals surface area contributed by atoms with Crippen molar-refractivity contribution in [3.63, 3.8) is 0 Å². The van der Waals surface area contributed by atoms with E-state index in [1.54, 1.807) is 0 Å². The number of halogens is 7. The highest BCUT2D eigenvalue weighted by molar-refractivity contribution is 8.45. The molecular formula is C22H31F7OS. The summed E-state index contributed by atoms with van der Waals surface area (Å²) in [6, 6.07) is 1.25. The smallest absolute Gasteiger partial charge is 0.400 e. The van der Waals surface area contributed by atoms with Crippen LogP contribution in [0.3, 0.4) is 0 Å². The summed E-state index contributed by atoms with van der Waals surface area (Å²) in [5.74, 6) is 0.234. The van der Waals surface area contributed by atoms with Gasteiger partial charge < -0.3 is 4.74 Å². The van der Waals surface area contributed by atoms with Crippen LogP contribution < -0.4 is 4.74 Å². The average Bonchev–Trinajstić information content (AvgIpc) is 2.67. The molecule has 0 aromatic heterocycles. The van der Waals surface area contributed by atoms with E-state index in [2.05, 4.69) is 11.7 Å². The van der Waals surface area contributed by atoms with Crippen molar-refractivity contribution in [2.45, 2.75) is 82.1 Å². The van der Waals surface area contributed by atoms with E-state index in [9.17, 15) is 28.2 Å². The molecule has 2 saturated carbocycles. The minimum Gasteiger partial charge on any atom is -0.432 e. The van der Waals surface area contributed by atoms with Crippen molar-refractivity contribution in [1.29, 1.82) is 0 Å². The van der Waals surface area contributed by atoms with Gasteiger partial charge in [0.25, 0.3) is 0 Å². The van der Waals surface area contributed by atoms with Crippen LogP contribution in [0.2, 0.25) is 0 Å². The van der Waals surface area contributed by atoms with Crippen LogP contribution in [0.15, 0.2) is 29.2 Å². The van der Waals surface area contributed by atoms with E-state index in [1.165, 1.54) is 25.7 Å². The minimum absolute atomic E-state index is 0.0960. The third-order valence-corrected chi connectivity index (χ3v) is 8.19. The van der Waals surface area contributed by atoms with Crippen molar-refractivity contribution >= 4 is 10.2 Å². The summed E-state index contributed by atoms with van der Waals surface area (Å²) in [4.78, 5) is -2.12. The normalized spacial score (nSPS) is 30.3. The van der Waals surface area contributed by atoms with E-state index >= 15 is 0 Å². The van der Waals surface area contributed by atoms with Crippen molar-refractivity contribution in [2.24, 2.45) is 23.7 Å². The first kappa shape index (κ1) is 24.5. The monoisotopic (exact) mass is 476 g/mol. The summed E-state index contributed by atoms with van der Waals surface area (Å²) in [5, 5.41) is 0. The largest absolute Gasteiger partial charge is 0.432 e. The van der Waals surface area contributed by atoms with E-state index < -0.39 is 32.9 Å². The van der Waals surface area contributed by atoms with E-state index in [0.29, 0.717) is 36.8 Å². The molecule has 1 nitrogen and oxygen atoms in total. The van der Waals surface area contributed by atoms with Crippen molar-refractivity contribution in [3.05, 3.63) is 24.3 Å². The first-order valence-corrected chi connectivity index (χ1v) is 13.0. The third-order valence-electron chi connectivity index (χ3n) is 7.03. The Morgan fingerprint density at radius 2 is 1.29 bits per heavy atom. The molecule has 0 bridgehead atoms. The van der Waals surface area contributed by atoms with Gasteiger partial charge in [0.15, 0.2) is 0 Å². The van der Waals surface area contributed by atoms with Gasteiger partial charge in [-0.1, -0.05) is 52.0 Å². The van der Waals surface area contributed by atoms with Gasteiger partial charge in [-0.2, -0.15) is 8.78 Å². The molecule has 0 aliphatic heterocycles. The predicted molar refractivity (Wildman–Crippen MR) is 109 cm³/mol. The zero-order valence-electron chi connectivity index (χ0n) is 17.7. The Balaban J connectivity index is 1.53. The van der Waals surface area contributed by atoms with Crippen molar-refractivity contribution in [3.8, 4) is 5.75 Å². The van der Waals surface area contributed by atoms with E-state index in [-0.39, 0.29) is 25.0 Å². The summed E-state index contributed by atoms with van der Waals surface area (Å²) in [6.45, 7) is 2.19. The Morgan fingerprint density at radius 3 is 1.74 bits per heavy atom. The molecule has 0 amide bonds. The predicted octanol–water partition coefficient (Wildman–Crippen LogP) is 9.73. The molecule has 180 valence electrons. The first-order chi connectivity index (χ1) is 14.2. The molecule has 0 saturated heterocycles. The summed E-state index contributed by atoms with van der Waals surface area (Å²) in [6.07, 6.45) is 5.60. The number of hydrogen-bond donors (Lipinski definition) is 0. The highest BCUT2D eigenvalue weighted by atomic mass is 32.5. The second-order valence-corrected chi connectivity index (χ2v) is 11.7. The lowest BCUT2D eigenvalue weighted by Crippen LogP contribution is -2.38. The fraction of sp³-hybridized carbons (Fsp3) is 0.727. The zero-order valence-corrected chi connectivity index (χ0v) is 18.5. The Labute approximate surface area is 179 Å². The maximum absolute atomic E-state index is 14.6. The maximum atomic E-state index is 14.6. The second-order valence-electron chi connectivity index (χ2n) is 9.29. The van der Waals surface area contributed by atoms with Crippen LogP contribution in [-0.4, -0.2) is 6.11 Å². The zero-order chi connectivity index (χ0) is 23.0. The van der Waals surface area contributed by atoms with Gasteiger partial charge >= 0.3 is 16.3 Å². The molecule has 0 radical (unpaired) electrons. The SMILES string of the molecule is CCCC1CCC(C2CCC(C(F)(F)Oc3ccc(S(F)(F)(F)(F)F)cc3)CC2)CC1. The molecule has 9 heteroatoms. The Morgan fingerprint density at radius 1 is 0.806 bits per heavy atom. The maximum Gasteiger partial charge on any atom is 0.400 e.